The minimum Gasteiger partial charge on any atom is -0.492 e. The fourth-order valence-corrected chi connectivity index (χ4v) is 2.42. The third-order valence-corrected chi connectivity index (χ3v) is 3.69. The van der Waals surface area contributed by atoms with Gasteiger partial charge in [0.15, 0.2) is 0 Å². The summed E-state index contributed by atoms with van der Waals surface area (Å²) in [5.41, 5.74) is 2.47. The lowest BCUT2D eigenvalue weighted by Gasteiger charge is -2.17. The van der Waals surface area contributed by atoms with Gasteiger partial charge in [-0.3, -0.25) is 4.90 Å². The molecule has 1 aliphatic rings. The van der Waals surface area contributed by atoms with Crippen LogP contribution in [0, 0.1) is 13.8 Å². The quantitative estimate of drug-likeness (QED) is 0.862. The predicted octanol–water partition coefficient (Wildman–Crippen LogP) is 1.98. The SMILES string of the molecule is CNC1CCN(CCOc2cc(C)ccc2C)C1. The molecule has 0 spiro atoms. The van der Waals surface area contributed by atoms with Crippen LogP contribution in [0.2, 0.25) is 0 Å². The molecule has 18 heavy (non-hydrogen) atoms. The van der Waals surface area contributed by atoms with E-state index in [-0.39, 0.29) is 0 Å². The van der Waals surface area contributed by atoms with Crippen LogP contribution in [0.1, 0.15) is 17.5 Å². The molecule has 3 heteroatoms. The molecule has 1 N–H and O–H groups in total. The molecule has 1 atom stereocenters. The van der Waals surface area contributed by atoms with Crippen LogP contribution in [-0.4, -0.2) is 44.2 Å². The van der Waals surface area contributed by atoms with Gasteiger partial charge in [0.25, 0.3) is 0 Å². The predicted molar refractivity (Wildman–Crippen MR) is 75.3 cm³/mol. The summed E-state index contributed by atoms with van der Waals surface area (Å²) in [6, 6.07) is 7.03. The second-order valence-electron chi connectivity index (χ2n) is 5.19. The van der Waals surface area contributed by atoms with Crippen LogP contribution in [0.3, 0.4) is 0 Å². The first-order valence-electron chi connectivity index (χ1n) is 6.78. The normalized spacial score (nSPS) is 20.3. The van der Waals surface area contributed by atoms with Crippen LogP contribution in [-0.2, 0) is 0 Å². The summed E-state index contributed by atoms with van der Waals surface area (Å²) in [7, 11) is 2.04. The lowest BCUT2D eigenvalue weighted by Crippen LogP contribution is -2.31. The molecule has 0 radical (unpaired) electrons. The van der Waals surface area contributed by atoms with E-state index in [2.05, 4.69) is 42.3 Å². The Morgan fingerprint density at radius 3 is 2.94 bits per heavy atom. The fraction of sp³-hybridized carbons (Fsp3) is 0.600. The van der Waals surface area contributed by atoms with Crippen molar-refractivity contribution < 1.29 is 4.74 Å². The van der Waals surface area contributed by atoms with Gasteiger partial charge in [0.05, 0.1) is 0 Å². The van der Waals surface area contributed by atoms with Crippen molar-refractivity contribution in [3.8, 4) is 5.75 Å². The Balaban J connectivity index is 1.77. The van der Waals surface area contributed by atoms with Gasteiger partial charge in [0.2, 0.25) is 0 Å². The van der Waals surface area contributed by atoms with Crippen molar-refractivity contribution in [3.05, 3.63) is 29.3 Å². The monoisotopic (exact) mass is 248 g/mol. The standard InChI is InChI=1S/C15H24N2O/c1-12-4-5-13(2)15(10-12)18-9-8-17-7-6-14(11-17)16-3/h4-5,10,14,16H,6-9,11H2,1-3H3. The minimum absolute atomic E-state index is 0.658. The van der Waals surface area contributed by atoms with E-state index >= 15 is 0 Å². The average molecular weight is 248 g/mol. The maximum atomic E-state index is 5.89. The molecule has 0 bridgehead atoms. The summed E-state index contributed by atoms with van der Waals surface area (Å²) in [4.78, 5) is 2.46. The topological polar surface area (TPSA) is 24.5 Å². The zero-order chi connectivity index (χ0) is 13.0. The number of aryl methyl sites for hydroxylation is 2. The van der Waals surface area contributed by atoms with Gasteiger partial charge in [-0.2, -0.15) is 0 Å². The van der Waals surface area contributed by atoms with Crippen LogP contribution >= 0.6 is 0 Å². The van der Waals surface area contributed by atoms with E-state index in [0.717, 1.165) is 25.4 Å². The number of benzene rings is 1. The number of ether oxygens (including phenoxy) is 1. The molecule has 0 amide bonds. The molecule has 100 valence electrons. The van der Waals surface area contributed by atoms with Crippen molar-refractivity contribution in [2.75, 3.05) is 33.3 Å². The number of likely N-dealkylation sites (N-methyl/N-ethyl adjacent to an activating group) is 1. The molecule has 2 rings (SSSR count). The third-order valence-electron chi connectivity index (χ3n) is 3.69. The average Bonchev–Trinajstić information content (AvgIpc) is 2.81. The van der Waals surface area contributed by atoms with Gasteiger partial charge < -0.3 is 10.1 Å². The van der Waals surface area contributed by atoms with Crippen LogP contribution in [0.5, 0.6) is 5.75 Å². The van der Waals surface area contributed by atoms with Crippen molar-refractivity contribution in [1.82, 2.24) is 10.2 Å². The zero-order valence-electron chi connectivity index (χ0n) is 11.7. The smallest absolute Gasteiger partial charge is 0.122 e. The highest BCUT2D eigenvalue weighted by molar-refractivity contribution is 5.35. The van der Waals surface area contributed by atoms with E-state index in [4.69, 9.17) is 4.74 Å². The highest BCUT2D eigenvalue weighted by atomic mass is 16.5. The summed E-state index contributed by atoms with van der Waals surface area (Å²) < 4.78 is 5.89. The first kappa shape index (κ1) is 13.4. The maximum Gasteiger partial charge on any atom is 0.122 e. The summed E-state index contributed by atoms with van der Waals surface area (Å²) >= 11 is 0. The van der Waals surface area contributed by atoms with Crippen LogP contribution in [0.15, 0.2) is 18.2 Å². The van der Waals surface area contributed by atoms with Crippen molar-refractivity contribution >= 4 is 0 Å². The van der Waals surface area contributed by atoms with E-state index < -0.39 is 0 Å². The van der Waals surface area contributed by atoms with Crippen molar-refractivity contribution in [2.24, 2.45) is 0 Å². The van der Waals surface area contributed by atoms with Crippen molar-refractivity contribution in [2.45, 2.75) is 26.3 Å². The molecule has 1 aliphatic heterocycles. The van der Waals surface area contributed by atoms with Crippen LogP contribution < -0.4 is 10.1 Å². The van der Waals surface area contributed by atoms with Gasteiger partial charge in [-0.15, -0.1) is 0 Å². The first-order valence-corrected chi connectivity index (χ1v) is 6.78. The number of rotatable bonds is 5. The molecule has 1 fully saturated rings. The Morgan fingerprint density at radius 1 is 1.39 bits per heavy atom. The van der Waals surface area contributed by atoms with E-state index in [1.165, 1.54) is 24.1 Å². The largest absolute Gasteiger partial charge is 0.492 e. The lowest BCUT2D eigenvalue weighted by atomic mass is 10.1. The van der Waals surface area contributed by atoms with Crippen LogP contribution in [0.25, 0.3) is 0 Å². The molecular formula is C15H24N2O. The maximum absolute atomic E-state index is 5.89. The number of hydrogen-bond donors (Lipinski definition) is 1. The Bertz CT molecular complexity index is 392. The minimum atomic E-state index is 0.658. The Morgan fingerprint density at radius 2 is 2.22 bits per heavy atom. The zero-order valence-corrected chi connectivity index (χ0v) is 11.7. The molecule has 3 nitrogen and oxygen atoms in total. The highest BCUT2D eigenvalue weighted by Crippen LogP contribution is 2.19. The van der Waals surface area contributed by atoms with E-state index in [9.17, 15) is 0 Å². The van der Waals surface area contributed by atoms with Gasteiger partial charge in [-0.25, -0.2) is 0 Å². The highest BCUT2D eigenvalue weighted by Gasteiger charge is 2.20. The van der Waals surface area contributed by atoms with Gasteiger partial charge in [-0.1, -0.05) is 12.1 Å². The molecule has 0 aromatic heterocycles. The first-order chi connectivity index (χ1) is 8.69. The number of nitrogens with one attached hydrogen (secondary N) is 1. The molecule has 1 aromatic rings. The summed E-state index contributed by atoms with van der Waals surface area (Å²) in [5, 5.41) is 3.34. The van der Waals surface area contributed by atoms with Gasteiger partial charge in [0, 0.05) is 19.1 Å². The molecular weight excluding hydrogens is 224 g/mol. The van der Waals surface area contributed by atoms with Crippen LogP contribution in [0.4, 0.5) is 0 Å². The van der Waals surface area contributed by atoms with E-state index in [1.807, 2.05) is 7.05 Å². The van der Waals surface area contributed by atoms with E-state index in [0.29, 0.717) is 6.04 Å². The van der Waals surface area contributed by atoms with E-state index in [1.54, 1.807) is 0 Å². The number of likely N-dealkylation sites (tertiary alicyclic amines) is 1. The second-order valence-corrected chi connectivity index (χ2v) is 5.19. The summed E-state index contributed by atoms with van der Waals surface area (Å²) in [5.74, 6) is 1.03. The second kappa shape index (κ2) is 6.21. The Kier molecular flexibility index (Phi) is 4.61. The molecule has 0 aliphatic carbocycles. The van der Waals surface area contributed by atoms with Crippen molar-refractivity contribution in [3.63, 3.8) is 0 Å². The number of hydrogen-bond acceptors (Lipinski definition) is 3. The number of nitrogens with zero attached hydrogens (tertiary/aromatic N) is 1. The van der Waals surface area contributed by atoms with Crippen molar-refractivity contribution in [1.29, 1.82) is 0 Å². The Labute approximate surface area is 110 Å². The fourth-order valence-electron chi connectivity index (χ4n) is 2.42. The Hall–Kier alpha value is -1.06. The lowest BCUT2D eigenvalue weighted by molar-refractivity contribution is 0.234. The molecule has 1 aromatic carbocycles. The third kappa shape index (κ3) is 3.47. The van der Waals surface area contributed by atoms with Gasteiger partial charge in [-0.05, 0) is 51.1 Å². The molecule has 1 heterocycles. The summed E-state index contributed by atoms with van der Waals surface area (Å²) in [6.07, 6.45) is 1.25. The molecule has 1 unspecified atom stereocenters. The molecule has 1 saturated heterocycles. The van der Waals surface area contributed by atoms with Gasteiger partial charge >= 0.3 is 0 Å². The van der Waals surface area contributed by atoms with Gasteiger partial charge in [0.1, 0.15) is 12.4 Å². The summed E-state index contributed by atoms with van der Waals surface area (Å²) in [6.45, 7) is 8.33. The molecule has 0 saturated carbocycles.